The summed E-state index contributed by atoms with van der Waals surface area (Å²) < 4.78 is 0. The largest absolute Gasteiger partial charge is 0.478 e. The number of nitrogens with zero attached hydrogens (tertiary/aromatic N) is 1. The molecule has 1 rings (SSSR count). The van der Waals surface area contributed by atoms with Crippen molar-refractivity contribution in [3.8, 4) is 0 Å². The van der Waals surface area contributed by atoms with Crippen LogP contribution in [0.3, 0.4) is 0 Å². The third-order valence-corrected chi connectivity index (χ3v) is 2.50. The van der Waals surface area contributed by atoms with E-state index >= 15 is 0 Å². The fourth-order valence-corrected chi connectivity index (χ4v) is 1.32. The van der Waals surface area contributed by atoms with Crippen molar-refractivity contribution in [2.45, 2.75) is 19.4 Å². The lowest BCUT2D eigenvalue weighted by atomic mass is 10.0. The van der Waals surface area contributed by atoms with Crippen molar-refractivity contribution in [2.24, 2.45) is 5.73 Å². The van der Waals surface area contributed by atoms with Gasteiger partial charge in [-0.25, -0.2) is 4.79 Å². The molecule has 0 saturated carbocycles. The van der Waals surface area contributed by atoms with Crippen molar-refractivity contribution in [2.75, 3.05) is 5.32 Å². The Bertz CT molecular complexity index is 553. The van der Waals surface area contributed by atoms with Gasteiger partial charge in [-0.2, -0.15) is 0 Å². The van der Waals surface area contributed by atoms with Gasteiger partial charge in [-0.1, -0.05) is 0 Å². The van der Waals surface area contributed by atoms with Gasteiger partial charge in [-0.15, -0.1) is 0 Å². The highest BCUT2D eigenvalue weighted by Gasteiger charge is 2.28. The molecule has 0 spiro atoms. The van der Waals surface area contributed by atoms with Crippen LogP contribution in [0.25, 0.3) is 0 Å². The summed E-state index contributed by atoms with van der Waals surface area (Å²) in [6.45, 7) is 2.92. The number of amides is 1. The van der Waals surface area contributed by atoms with Crippen LogP contribution in [0.4, 0.5) is 11.4 Å². The summed E-state index contributed by atoms with van der Waals surface area (Å²) in [6.07, 6.45) is 0. The van der Waals surface area contributed by atoms with Gasteiger partial charge in [0.15, 0.2) is 0 Å². The SMILES string of the molecule is CC(C)(Nc1ccc(C(=O)O)cc1[N+](=O)[O-])C(N)=O. The Hall–Kier alpha value is -2.64. The zero-order valence-corrected chi connectivity index (χ0v) is 10.3. The molecular formula is C11H13N3O5. The molecule has 0 radical (unpaired) electrons. The fraction of sp³-hybridized carbons (Fsp3) is 0.273. The lowest BCUT2D eigenvalue weighted by Gasteiger charge is -2.23. The van der Waals surface area contributed by atoms with Gasteiger partial charge >= 0.3 is 5.97 Å². The zero-order chi connectivity index (χ0) is 14.8. The topological polar surface area (TPSA) is 136 Å². The molecule has 8 nitrogen and oxygen atoms in total. The summed E-state index contributed by atoms with van der Waals surface area (Å²) in [4.78, 5) is 32.1. The molecular weight excluding hydrogens is 254 g/mol. The number of aromatic carboxylic acids is 1. The number of nitro benzene ring substituents is 1. The summed E-state index contributed by atoms with van der Waals surface area (Å²) >= 11 is 0. The van der Waals surface area contributed by atoms with Gasteiger partial charge in [-0.3, -0.25) is 14.9 Å². The van der Waals surface area contributed by atoms with Gasteiger partial charge in [0.2, 0.25) is 5.91 Å². The maximum Gasteiger partial charge on any atom is 0.335 e. The van der Waals surface area contributed by atoms with Gasteiger partial charge < -0.3 is 16.2 Å². The highest BCUT2D eigenvalue weighted by Crippen LogP contribution is 2.28. The average molecular weight is 267 g/mol. The number of benzene rings is 1. The van der Waals surface area contributed by atoms with E-state index in [0.29, 0.717) is 0 Å². The highest BCUT2D eigenvalue weighted by molar-refractivity contribution is 5.91. The molecule has 0 saturated heterocycles. The molecule has 1 aromatic rings. The third kappa shape index (κ3) is 3.18. The Labute approximate surface area is 108 Å². The molecule has 0 aliphatic carbocycles. The standard InChI is InChI=1S/C11H13N3O5/c1-11(2,10(12)17)13-7-4-3-6(9(15)16)5-8(7)14(18)19/h3-5,13H,1-2H3,(H2,12,17)(H,15,16). The lowest BCUT2D eigenvalue weighted by molar-refractivity contribution is -0.384. The molecule has 0 aliphatic rings. The molecule has 0 bridgehead atoms. The molecule has 102 valence electrons. The fourth-order valence-electron chi connectivity index (χ4n) is 1.32. The predicted molar refractivity (Wildman–Crippen MR) is 67.0 cm³/mol. The monoisotopic (exact) mass is 267 g/mol. The quantitative estimate of drug-likeness (QED) is 0.537. The number of anilines is 1. The Morgan fingerprint density at radius 1 is 1.42 bits per heavy atom. The number of nitrogens with one attached hydrogen (secondary N) is 1. The number of rotatable bonds is 5. The maximum atomic E-state index is 11.2. The molecule has 19 heavy (non-hydrogen) atoms. The number of carbonyl (C=O) groups excluding carboxylic acids is 1. The van der Waals surface area contributed by atoms with E-state index in [1.807, 2.05) is 0 Å². The number of hydrogen-bond donors (Lipinski definition) is 3. The smallest absolute Gasteiger partial charge is 0.335 e. The molecule has 0 aliphatic heterocycles. The highest BCUT2D eigenvalue weighted by atomic mass is 16.6. The first kappa shape index (κ1) is 14.4. The van der Waals surface area contributed by atoms with Crippen LogP contribution >= 0.6 is 0 Å². The molecule has 1 amide bonds. The van der Waals surface area contributed by atoms with E-state index in [0.717, 1.165) is 6.07 Å². The van der Waals surface area contributed by atoms with Crippen molar-refractivity contribution in [1.82, 2.24) is 0 Å². The molecule has 0 atom stereocenters. The Morgan fingerprint density at radius 3 is 2.42 bits per heavy atom. The second-order valence-electron chi connectivity index (χ2n) is 4.41. The van der Waals surface area contributed by atoms with Crippen LogP contribution in [0, 0.1) is 10.1 Å². The first-order chi connectivity index (χ1) is 8.65. The molecule has 1 aromatic carbocycles. The van der Waals surface area contributed by atoms with E-state index < -0.39 is 28.0 Å². The van der Waals surface area contributed by atoms with Gasteiger partial charge in [-0.05, 0) is 26.0 Å². The number of carboxylic acids is 1. The minimum atomic E-state index is -1.27. The van der Waals surface area contributed by atoms with Crippen molar-refractivity contribution < 1.29 is 19.6 Å². The van der Waals surface area contributed by atoms with Crippen molar-refractivity contribution in [3.05, 3.63) is 33.9 Å². The lowest BCUT2D eigenvalue weighted by Crippen LogP contribution is -2.45. The van der Waals surface area contributed by atoms with Crippen molar-refractivity contribution in [3.63, 3.8) is 0 Å². The second kappa shape index (κ2) is 4.92. The molecule has 0 fully saturated rings. The number of nitrogens with two attached hydrogens (primary N) is 1. The average Bonchev–Trinajstić information content (AvgIpc) is 2.28. The van der Waals surface area contributed by atoms with Gasteiger partial charge in [0.25, 0.3) is 5.69 Å². The summed E-state index contributed by atoms with van der Waals surface area (Å²) in [5, 5.41) is 22.3. The molecule has 4 N–H and O–H groups in total. The Balaban J connectivity index is 3.25. The normalized spacial score (nSPS) is 10.8. The van der Waals surface area contributed by atoms with Crippen LogP contribution in [0.5, 0.6) is 0 Å². The molecule has 0 unspecified atom stereocenters. The molecule has 0 heterocycles. The summed E-state index contributed by atoms with van der Waals surface area (Å²) in [6, 6.07) is 3.35. The summed E-state index contributed by atoms with van der Waals surface area (Å²) in [5.41, 5.74) is 3.34. The van der Waals surface area contributed by atoms with E-state index in [1.165, 1.54) is 26.0 Å². The van der Waals surface area contributed by atoms with E-state index in [-0.39, 0.29) is 11.3 Å². The van der Waals surface area contributed by atoms with Crippen LogP contribution in [-0.4, -0.2) is 27.4 Å². The predicted octanol–water partition coefficient (Wildman–Crippen LogP) is 0.969. The van der Waals surface area contributed by atoms with Crippen LogP contribution in [0.1, 0.15) is 24.2 Å². The summed E-state index contributed by atoms with van der Waals surface area (Å²) in [7, 11) is 0. The number of carboxylic acid groups (broad SMARTS) is 1. The Kier molecular flexibility index (Phi) is 3.74. The minimum absolute atomic E-state index is 0.0267. The van der Waals surface area contributed by atoms with E-state index in [4.69, 9.17) is 10.8 Å². The van der Waals surface area contributed by atoms with Crippen molar-refractivity contribution >= 4 is 23.3 Å². The van der Waals surface area contributed by atoms with Crippen LogP contribution in [0.15, 0.2) is 18.2 Å². The minimum Gasteiger partial charge on any atom is -0.478 e. The Morgan fingerprint density at radius 2 is 2.00 bits per heavy atom. The maximum absolute atomic E-state index is 11.2. The van der Waals surface area contributed by atoms with Crippen molar-refractivity contribution in [1.29, 1.82) is 0 Å². The second-order valence-corrected chi connectivity index (χ2v) is 4.41. The number of carbonyl (C=O) groups is 2. The molecule has 0 aromatic heterocycles. The number of hydrogen-bond acceptors (Lipinski definition) is 5. The first-order valence-corrected chi connectivity index (χ1v) is 5.25. The molecule has 8 heteroatoms. The van der Waals surface area contributed by atoms with Gasteiger partial charge in [0, 0.05) is 6.07 Å². The number of primary amides is 1. The van der Waals surface area contributed by atoms with Gasteiger partial charge in [0.1, 0.15) is 11.2 Å². The van der Waals surface area contributed by atoms with Crippen LogP contribution in [-0.2, 0) is 4.79 Å². The zero-order valence-electron chi connectivity index (χ0n) is 10.3. The van der Waals surface area contributed by atoms with E-state index in [2.05, 4.69) is 5.32 Å². The van der Waals surface area contributed by atoms with E-state index in [9.17, 15) is 19.7 Å². The number of nitro groups is 1. The first-order valence-electron chi connectivity index (χ1n) is 5.25. The van der Waals surface area contributed by atoms with Gasteiger partial charge in [0.05, 0.1) is 10.5 Å². The third-order valence-electron chi connectivity index (χ3n) is 2.50. The summed E-state index contributed by atoms with van der Waals surface area (Å²) in [5.74, 6) is -1.96. The van der Waals surface area contributed by atoms with Crippen LogP contribution < -0.4 is 11.1 Å². The van der Waals surface area contributed by atoms with E-state index in [1.54, 1.807) is 0 Å². The van der Waals surface area contributed by atoms with Crippen LogP contribution in [0.2, 0.25) is 0 Å².